The van der Waals surface area contributed by atoms with E-state index in [4.69, 9.17) is 0 Å². The number of rotatable bonds is 2. The smallest absolute Gasteiger partial charge is 0.855 e. The summed E-state index contributed by atoms with van der Waals surface area (Å²) >= 11 is 0. The first-order chi connectivity index (χ1) is 2.81. The third-order valence-electron chi connectivity index (χ3n) is 0.641. The minimum atomic E-state index is -0.870. The molecular weight excluding hydrogens is 158 g/mol. The summed E-state index contributed by atoms with van der Waals surface area (Å²) in [5, 5.41) is 19.5. The van der Waals surface area contributed by atoms with Gasteiger partial charge in [-0.3, -0.25) is 0 Å². The molecule has 0 radical (unpaired) electrons. The van der Waals surface area contributed by atoms with Crippen LogP contribution in [0.2, 0.25) is 0 Å². The summed E-state index contributed by atoms with van der Waals surface area (Å²) < 4.78 is 0. The van der Waals surface area contributed by atoms with E-state index in [-0.39, 0.29) is 103 Å². The second kappa shape index (κ2) is 12.8. The average molecular weight is 166 g/mol. The second-order valence-corrected chi connectivity index (χ2v) is 1.20. The van der Waals surface area contributed by atoms with Crippen molar-refractivity contribution in [3.05, 3.63) is 0 Å². The van der Waals surface area contributed by atoms with E-state index in [1.54, 1.807) is 6.92 Å². The van der Waals surface area contributed by atoms with Crippen LogP contribution in [-0.2, 0) is 0 Å². The van der Waals surface area contributed by atoms with Crippen LogP contribution in [-0.4, -0.2) is 12.7 Å². The molecule has 38 valence electrons. The molecule has 0 rings (SSSR count). The number of hydrogen-bond acceptors (Lipinski definition) is 2. The Hall–Kier alpha value is 3.19. The van der Waals surface area contributed by atoms with Crippen LogP contribution in [0, 0.1) is 0 Å². The van der Waals surface area contributed by atoms with Crippen LogP contribution in [0.3, 0.4) is 0 Å². The van der Waals surface area contributed by atoms with Gasteiger partial charge in [0.05, 0.1) is 0 Å². The molecule has 0 aliphatic rings. The fraction of sp³-hybridized carbons (Fsp3) is 1.00. The molecule has 8 heavy (non-hydrogen) atoms. The van der Waals surface area contributed by atoms with Crippen molar-refractivity contribution in [2.24, 2.45) is 0 Å². The van der Waals surface area contributed by atoms with E-state index in [0.29, 0.717) is 6.42 Å². The first-order valence-electron chi connectivity index (χ1n) is 2.05. The van der Waals surface area contributed by atoms with Crippen LogP contribution in [0.4, 0.5) is 0 Å². The molecule has 0 bridgehead atoms. The van der Waals surface area contributed by atoms with E-state index in [2.05, 4.69) is 0 Å². The van der Waals surface area contributed by atoms with Gasteiger partial charge in [0, 0.05) is 0 Å². The molecule has 1 unspecified atom stereocenters. The molecule has 4 heteroatoms. The quantitative estimate of drug-likeness (QED) is 0.383. The van der Waals surface area contributed by atoms with Crippen LogP contribution in [0.5, 0.6) is 0 Å². The summed E-state index contributed by atoms with van der Waals surface area (Å²) in [4.78, 5) is 0. The minimum absolute atomic E-state index is 0. The summed E-state index contributed by atoms with van der Waals surface area (Å²) in [6.45, 7) is 1.24. The molecule has 0 N–H and O–H groups in total. The molecule has 0 heterocycles. The maximum absolute atomic E-state index is 9.95. The van der Waals surface area contributed by atoms with E-state index in [0.717, 1.165) is 0 Å². The van der Waals surface area contributed by atoms with Crippen LogP contribution in [0.25, 0.3) is 0 Å². The molecule has 0 aliphatic heterocycles. The predicted molar refractivity (Wildman–Crippen MR) is 18.9 cm³/mol. The van der Waals surface area contributed by atoms with Crippen molar-refractivity contribution < 1.29 is 113 Å². The molecule has 2 nitrogen and oxygen atoms in total. The fourth-order valence-corrected chi connectivity index (χ4v) is 0.118. The zero-order chi connectivity index (χ0) is 4.99. The monoisotopic (exact) mass is 166 g/mol. The van der Waals surface area contributed by atoms with Crippen LogP contribution in [0.1, 0.15) is 13.3 Å². The first-order valence-corrected chi connectivity index (χ1v) is 2.05. The van der Waals surface area contributed by atoms with Crippen molar-refractivity contribution in [1.29, 1.82) is 0 Å². The molecule has 0 amide bonds. The summed E-state index contributed by atoms with van der Waals surface area (Å²) in [5.74, 6) is 0. The SMILES string of the molecule is CCC([O-])C[O-].[K+].[K+]. The Morgan fingerprint density at radius 3 is 1.75 bits per heavy atom. The largest absolute Gasteiger partial charge is 1.00 e. The van der Waals surface area contributed by atoms with Gasteiger partial charge in [-0.05, 0) is 0 Å². The van der Waals surface area contributed by atoms with Gasteiger partial charge >= 0.3 is 103 Å². The minimum Gasteiger partial charge on any atom is -0.855 e. The van der Waals surface area contributed by atoms with Gasteiger partial charge in [0.1, 0.15) is 0 Å². The van der Waals surface area contributed by atoms with Crippen molar-refractivity contribution in [2.45, 2.75) is 19.4 Å². The Morgan fingerprint density at radius 1 is 1.38 bits per heavy atom. The summed E-state index contributed by atoms with van der Waals surface area (Å²) in [6, 6.07) is 0. The van der Waals surface area contributed by atoms with Gasteiger partial charge in [-0.1, -0.05) is 13.3 Å². The third-order valence-corrected chi connectivity index (χ3v) is 0.641. The molecule has 0 aliphatic carbocycles. The molecular formula is C4H8K2O2. The van der Waals surface area contributed by atoms with Gasteiger partial charge in [0.2, 0.25) is 0 Å². The maximum Gasteiger partial charge on any atom is 1.00 e. The van der Waals surface area contributed by atoms with Crippen molar-refractivity contribution in [2.75, 3.05) is 6.61 Å². The van der Waals surface area contributed by atoms with Crippen molar-refractivity contribution >= 4 is 0 Å². The summed E-state index contributed by atoms with van der Waals surface area (Å²) in [6.07, 6.45) is -0.409. The zero-order valence-electron chi connectivity index (χ0n) is 5.81. The standard InChI is InChI=1S/C4H8O2.2K/c1-2-4(6)3-5;;/h4H,2-3H2,1H3;;/q-2;2*+1. The zero-order valence-corrected chi connectivity index (χ0v) is 12.1. The van der Waals surface area contributed by atoms with Gasteiger partial charge in [-0.2, -0.15) is 6.61 Å². The molecule has 0 saturated carbocycles. The Bertz CT molecular complexity index is 31.2. The molecule has 0 aromatic carbocycles. The Balaban J connectivity index is -0.000000125. The van der Waals surface area contributed by atoms with Gasteiger partial charge in [-0.15, -0.1) is 6.10 Å². The Labute approximate surface area is 135 Å². The molecule has 1 atom stereocenters. The molecule has 0 saturated heterocycles. The van der Waals surface area contributed by atoms with Gasteiger partial charge < -0.3 is 10.2 Å². The third kappa shape index (κ3) is 11.9. The van der Waals surface area contributed by atoms with Gasteiger partial charge in [-0.25, -0.2) is 0 Å². The Morgan fingerprint density at radius 2 is 1.75 bits per heavy atom. The first kappa shape index (κ1) is 17.3. The van der Waals surface area contributed by atoms with Crippen molar-refractivity contribution in [3.63, 3.8) is 0 Å². The van der Waals surface area contributed by atoms with Gasteiger partial charge in [0.25, 0.3) is 0 Å². The fourth-order valence-electron chi connectivity index (χ4n) is 0.118. The van der Waals surface area contributed by atoms with E-state index < -0.39 is 12.7 Å². The number of hydrogen-bond donors (Lipinski definition) is 0. The topological polar surface area (TPSA) is 46.1 Å². The summed E-state index contributed by atoms with van der Waals surface area (Å²) in [5.41, 5.74) is 0. The molecule has 0 fully saturated rings. The Kier molecular flexibility index (Phi) is 27.8. The van der Waals surface area contributed by atoms with Crippen molar-refractivity contribution in [1.82, 2.24) is 0 Å². The maximum atomic E-state index is 9.95. The van der Waals surface area contributed by atoms with E-state index in [1.165, 1.54) is 0 Å². The average Bonchev–Trinajstić information content (AvgIpc) is 1.65. The van der Waals surface area contributed by atoms with E-state index in [1.807, 2.05) is 0 Å². The normalized spacial score (nSPS) is 10.9. The van der Waals surface area contributed by atoms with Crippen LogP contribution in [0.15, 0.2) is 0 Å². The molecule has 0 spiro atoms. The molecule has 0 aromatic rings. The summed E-state index contributed by atoms with van der Waals surface area (Å²) in [7, 11) is 0. The second-order valence-electron chi connectivity index (χ2n) is 1.20. The van der Waals surface area contributed by atoms with Gasteiger partial charge in [0.15, 0.2) is 0 Å². The molecule has 0 aromatic heterocycles. The van der Waals surface area contributed by atoms with E-state index >= 15 is 0 Å². The van der Waals surface area contributed by atoms with Crippen molar-refractivity contribution in [3.8, 4) is 0 Å². The van der Waals surface area contributed by atoms with Crippen LogP contribution < -0.4 is 113 Å². The van der Waals surface area contributed by atoms with Crippen LogP contribution >= 0.6 is 0 Å². The van der Waals surface area contributed by atoms with E-state index in [9.17, 15) is 10.2 Å². The predicted octanol–water partition coefficient (Wildman–Crippen LogP) is -7.51.